The van der Waals surface area contributed by atoms with E-state index in [0.29, 0.717) is 5.65 Å². The number of hydrogen-bond acceptors (Lipinski definition) is 4. The Morgan fingerprint density at radius 1 is 1.15 bits per heavy atom. The molecule has 2 heterocycles. The Labute approximate surface area is 73.0 Å². The molecule has 0 amide bonds. The Balaban J connectivity index is 2.65. The van der Waals surface area contributed by atoms with Gasteiger partial charge in [-0.25, -0.2) is 0 Å². The van der Waals surface area contributed by atoms with E-state index in [4.69, 9.17) is 0 Å². The fraction of sp³-hybridized carbons (Fsp3) is 0. The highest BCUT2D eigenvalue weighted by Gasteiger charge is 2.02. The average molecular weight is 171 g/mol. The molecule has 0 spiro atoms. The van der Waals surface area contributed by atoms with Crippen LogP contribution in [0.2, 0.25) is 0 Å². The van der Waals surface area contributed by atoms with Gasteiger partial charge in [0.2, 0.25) is 5.65 Å². The number of tetrazole rings is 1. The molecule has 0 bridgehead atoms. The molecule has 2 aromatic heterocycles. The SMILES string of the molecule is c1ccc2c(c1)cnn1nnnc21. The van der Waals surface area contributed by atoms with Crippen LogP contribution in [0.3, 0.4) is 0 Å². The lowest BCUT2D eigenvalue weighted by Gasteiger charge is -1.95. The van der Waals surface area contributed by atoms with Crippen LogP contribution in [-0.4, -0.2) is 25.3 Å². The monoisotopic (exact) mass is 171 g/mol. The summed E-state index contributed by atoms with van der Waals surface area (Å²) in [6.45, 7) is 0. The standard InChI is InChI=1S/C8H5N5/c1-2-4-7-6(3-1)5-9-13-8(7)10-11-12-13/h1-5H. The van der Waals surface area contributed by atoms with Gasteiger partial charge in [-0.3, -0.25) is 0 Å². The second kappa shape index (κ2) is 2.22. The minimum Gasteiger partial charge on any atom is -0.155 e. The molecule has 5 nitrogen and oxygen atoms in total. The van der Waals surface area contributed by atoms with E-state index in [2.05, 4.69) is 20.6 Å². The molecule has 62 valence electrons. The van der Waals surface area contributed by atoms with Crippen molar-refractivity contribution in [3.8, 4) is 0 Å². The van der Waals surface area contributed by atoms with Gasteiger partial charge >= 0.3 is 0 Å². The van der Waals surface area contributed by atoms with E-state index >= 15 is 0 Å². The van der Waals surface area contributed by atoms with Crippen LogP contribution < -0.4 is 0 Å². The van der Waals surface area contributed by atoms with Crippen LogP contribution >= 0.6 is 0 Å². The maximum atomic E-state index is 4.05. The van der Waals surface area contributed by atoms with Gasteiger partial charge in [0.25, 0.3) is 0 Å². The number of benzene rings is 1. The van der Waals surface area contributed by atoms with Crippen molar-refractivity contribution in [1.29, 1.82) is 0 Å². The van der Waals surface area contributed by atoms with Crippen LogP contribution in [0.5, 0.6) is 0 Å². The minimum absolute atomic E-state index is 0.693. The van der Waals surface area contributed by atoms with Crippen molar-refractivity contribution in [2.24, 2.45) is 0 Å². The maximum absolute atomic E-state index is 4.05. The topological polar surface area (TPSA) is 56.0 Å². The molecule has 0 aliphatic carbocycles. The van der Waals surface area contributed by atoms with Crippen molar-refractivity contribution in [1.82, 2.24) is 25.3 Å². The quantitative estimate of drug-likeness (QED) is 0.499. The van der Waals surface area contributed by atoms with Crippen molar-refractivity contribution in [2.45, 2.75) is 0 Å². The molecule has 0 radical (unpaired) electrons. The van der Waals surface area contributed by atoms with Crippen molar-refractivity contribution < 1.29 is 0 Å². The number of hydrogen-bond donors (Lipinski definition) is 0. The number of fused-ring (bicyclic) bond motifs is 3. The van der Waals surface area contributed by atoms with E-state index in [9.17, 15) is 0 Å². The molecule has 0 aliphatic heterocycles. The summed E-state index contributed by atoms with van der Waals surface area (Å²) in [6.07, 6.45) is 1.75. The highest BCUT2D eigenvalue weighted by Crippen LogP contribution is 2.14. The Bertz CT molecular complexity index is 571. The maximum Gasteiger partial charge on any atom is 0.207 e. The van der Waals surface area contributed by atoms with Gasteiger partial charge in [-0.1, -0.05) is 24.3 Å². The first-order valence-electron chi connectivity index (χ1n) is 3.87. The van der Waals surface area contributed by atoms with Gasteiger partial charge in [-0.2, -0.15) is 5.10 Å². The molecule has 0 atom stereocenters. The lowest BCUT2D eigenvalue weighted by molar-refractivity contribution is 0.736. The number of nitrogens with zero attached hydrogens (tertiary/aromatic N) is 5. The zero-order chi connectivity index (χ0) is 8.67. The van der Waals surface area contributed by atoms with Crippen LogP contribution in [-0.2, 0) is 0 Å². The molecule has 3 rings (SSSR count). The van der Waals surface area contributed by atoms with Gasteiger partial charge in [0.1, 0.15) is 0 Å². The minimum atomic E-state index is 0.693. The van der Waals surface area contributed by atoms with Gasteiger partial charge in [0.05, 0.1) is 6.20 Å². The molecule has 0 N–H and O–H groups in total. The third-order valence-corrected chi connectivity index (χ3v) is 1.96. The molecular weight excluding hydrogens is 166 g/mol. The Hall–Kier alpha value is -2.04. The first-order chi connectivity index (χ1) is 6.45. The molecule has 3 aromatic rings. The van der Waals surface area contributed by atoms with E-state index in [1.165, 1.54) is 4.63 Å². The Kier molecular flexibility index (Phi) is 1.11. The van der Waals surface area contributed by atoms with Gasteiger partial charge in [-0.05, 0) is 10.4 Å². The van der Waals surface area contributed by atoms with E-state index < -0.39 is 0 Å². The predicted molar refractivity (Wildman–Crippen MR) is 46.1 cm³/mol. The highest BCUT2D eigenvalue weighted by atomic mass is 15.6. The molecule has 0 unspecified atom stereocenters. The lowest BCUT2D eigenvalue weighted by atomic mass is 10.2. The zero-order valence-corrected chi connectivity index (χ0v) is 6.62. The van der Waals surface area contributed by atoms with Gasteiger partial charge in [0.15, 0.2) is 0 Å². The van der Waals surface area contributed by atoms with Gasteiger partial charge < -0.3 is 0 Å². The number of aromatic nitrogens is 5. The third kappa shape index (κ3) is 0.807. The lowest BCUT2D eigenvalue weighted by Crippen LogP contribution is -1.93. The molecule has 13 heavy (non-hydrogen) atoms. The van der Waals surface area contributed by atoms with E-state index in [0.717, 1.165) is 10.8 Å². The van der Waals surface area contributed by atoms with E-state index in [1.807, 2.05) is 24.3 Å². The first-order valence-corrected chi connectivity index (χ1v) is 3.87. The third-order valence-electron chi connectivity index (χ3n) is 1.96. The molecular formula is C8H5N5. The smallest absolute Gasteiger partial charge is 0.155 e. The zero-order valence-electron chi connectivity index (χ0n) is 6.62. The highest BCUT2D eigenvalue weighted by molar-refractivity contribution is 5.92. The van der Waals surface area contributed by atoms with Gasteiger partial charge in [-0.15, -0.1) is 9.73 Å². The van der Waals surface area contributed by atoms with Crippen LogP contribution in [0.1, 0.15) is 0 Å². The van der Waals surface area contributed by atoms with E-state index in [1.54, 1.807) is 6.20 Å². The predicted octanol–water partition coefficient (Wildman–Crippen LogP) is 0.672. The molecule has 0 saturated carbocycles. The normalized spacial score (nSPS) is 11.1. The second-order valence-electron chi connectivity index (χ2n) is 2.72. The summed E-state index contributed by atoms with van der Waals surface area (Å²) < 4.78 is 1.42. The summed E-state index contributed by atoms with van der Waals surface area (Å²) in [5.74, 6) is 0. The summed E-state index contributed by atoms with van der Waals surface area (Å²) in [7, 11) is 0. The number of rotatable bonds is 0. The molecule has 0 fully saturated rings. The van der Waals surface area contributed by atoms with Crippen molar-refractivity contribution in [2.75, 3.05) is 0 Å². The van der Waals surface area contributed by atoms with Crippen LogP contribution in [0, 0.1) is 0 Å². The Morgan fingerprint density at radius 2 is 2.08 bits per heavy atom. The summed E-state index contributed by atoms with van der Waals surface area (Å²) in [4.78, 5) is 0. The van der Waals surface area contributed by atoms with Gasteiger partial charge in [0, 0.05) is 10.8 Å². The van der Waals surface area contributed by atoms with Crippen molar-refractivity contribution in [3.63, 3.8) is 0 Å². The summed E-state index contributed by atoms with van der Waals surface area (Å²) >= 11 is 0. The van der Waals surface area contributed by atoms with Crippen LogP contribution in [0.4, 0.5) is 0 Å². The summed E-state index contributed by atoms with van der Waals surface area (Å²) in [5, 5.41) is 17.3. The average Bonchev–Trinajstić information content (AvgIpc) is 2.65. The second-order valence-corrected chi connectivity index (χ2v) is 2.72. The fourth-order valence-corrected chi connectivity index (χ4v) is 1.35. The molecule has 0 saturated heterocycles. The van der Waals surface area contributed by atoms with Crippen molar-refractivity contribution in [3.05, 3.63) is 30.5 Å². The van der Waals surface area contributed by atoms with Crippen LogP contribution in [0.15, 0.2) is 30.5 Å². The Morgan fingerprint density at radius 3 is 3.08 bits per heavy atom. The fourth-order valence-electron chi connectivity index (χ4n) is 1.35. The molecule has 1 aromatic carbocycles. The largest absolute Gasteiger partial charge is 0.207 e. The first kappa shape index (κ1) is 6.47. The summed E-state index contributed by atoms with van der Waals surface area (Å²) in [6, 6.07) is 7.88. The summed E-state index contributed by atoms with van der Waals surface area (Å²) in [5.41, 5.74) is 0.693. The molecule has 5 heteroatoms. The van der Waals surface area contributed by atoms with Crippen LogP contribution in [0.25, 0.3) is 16.4 Å². The molecule has 0 aliphatic rings. The van der Waals surface area contributed by atoms with E-state index in [-0.39, 0.29) is 0 Å². The van der Waals surface area contributed by atoms with Crippen molar-refractivity contribution >= 4 is 16.4 Å².